The lowest BCUT2D eigenvalue weighted by Crippen LogP contribution is -2.45. The van der Waals surface area contributed by atoms with Crippen molar-refractivity contribution in [2.24, 2.45) is 10.9 Å². The highest BCUT2D eigenvalue weighted by atomic mass is 16.5. The van der Waals surface area contributed by atoms with Crippen molar-refractivity contribution in [1.82, 2.24) is 9.80 Å². The Hall–Kier alpha value is -2.08. The molecule has 26 heavy (non-hydrogen) atoms. The number of carbonyl (C=O) groups excluding carboxylic acids is 1. The van der Waals surface area contributed by atoms with Gasteiger partial charge in [-0.05, 0) is 63.2 Å². The van der Waals surface area contributed by atoms with E-state index in [9.17, 15) is 4.79 Å². The van der Waals surface area contributed by atoms with Gasteiger partial charge in [-0.25, -0.2) is 0 Å². The van der Waals surface area contributed by atoms with Crippen LogP contribution in [0, 0.1) is 5.92 Å². The average Bonchev–Trinajstić information content (AvgIpc) is 2.65. The van der Waals surface area contributed by atoms with Gasteiger partial charge in [0, 0.05) is 18.7 Å². The molecule has 0 bridgehead atoms. The van der Waals surface area contributed by atoms with Gasteiger partial charge in [-0.3, -0.25) is 4.79 Å². The molecule has 0 atom stereocenters. The number of ether oxygens (including phenoxy) is 2. The molecule has 1 aliphatic heterocycles. The first-order valence-electron chi connectivity index (χ1n) is 9.22. The normalized spacial score (nSPS) is 16.6. The van der Waals surface area contributed by atoms with Crippen LogP contribution in [0.5, 0.6) is 5.75 Å². The van der Waals surface area contributed by atoms with Crippen LogP contribution >= 0.6 is 0 Å². The molecule has 1 aromatic rings. The molecule has 0 unspecified atom stereocenters. The lowest BCUT2D eigenvalue weighted by Gasteiger charge is -2.36. The molecule has 1 aliphatic rings. The summed E-state index contributed by atoms with van der Waals surface area (Å²) in [5.74, 6) is 0.776. The van der Waals surface area contributed by atoms with E-state index in [0.717, 1.165) is 25.9 Å². The van der Waals surface area contributed by atoms with Crippen molar-refractivity contribution in [2.45, 2.75) is 32.7 Å². The summed E-state index contributed by atoms with van der Waals surface area (Å²) in [5, 5.41) is 0. The van der Waals surface area contributed by atoms with Gasteiger partial charge in [-0.2, -0.15) is 4.99 Å². The molecule has 144 valence electrons. The molecule has 0 aliphatic carbocycles. The van der Waals surface area contributed by atoms with Crippen molar-refractivity contribution in [2.75, 3.05) is 40.9 Å². The Labute approximate surface area is 156 Å². The minimum Gasteiger partial charge on any atom is -0.497 e. The van der Waals surface area contributed by atoms with E-state index in [0.29, 0.717) is 35.9 Å². The second-order valence-electron chi connectivity index (χ2n) is 7.28. The summed E-state index contributed by atoms with van der Waals surface area (Å²) >= 11 is 0. The molecule has 1 aromatic carbocycles. The molecule has 0 radical (unpaired) electrons. The maximum absolute atomic E-state index is 12.6. The fourth-order valence-electron chi connectivity index (χ4n) is 2.88. The van der Waals surface area contributed by atoms with Crippen LogP contribution in [0.4, 0.5) is 0 Å². The van der Waals surface area contributed by atoms with Crippen LogP contribution in [-0.2, 0) is 4.74 Å². The predicted molar refractivity (Wildman–Crippen MR) is 104 cm³/mol. The zero-order chi connectivity index (χ0) is 19.1. The molecule has 1 amide bonds. The first-order valence-corrected chi connectivity index (χ1v) is 9.22. The third kappa shape index (κ3) is 5.73. The van der Waals surface area contributed by atoms with Crippen molar-refractivity contribution < 1.29 is 14.3 Å². The van der Waals surface area contributed by atoms with Crippen molar-refractivity contribution in [3.63, 3.8) is 0 Å². The summed E-state index contributed by atoms with van der Waals surface area (Å²) in [6, 6.07) is 7.71. The van der Waals surface area contributed by atoms with Crippen molar-refractivity contribution >= 4 is 11.9 Å². The fourth-order valence-corrected chi connectivity index (χ4v) is 2.88. The number of aliphatic imine (C=N–C) groups is 1. The van der Waals surface area contributed by atoms with Gasteiger partial charge in [0.1, 0.15) is 5.75 Å². The number of methoxy groups -OCH3 is 1. The highest BCUT2D eigenvalue weighted by molar-refractivity contribution is 6.01. The number of hydrogen-bond acceptors (Lipinski definition) is 4. The molecular formula is C20H31N3O3. The van der Waals surface area contributed by atoms with E-state index in [-0.39, 0.29) is 5.91 Å². The van der Waals surface area contributed by atoms with Gasteiger partial charge in [0.15, 0.2) is 0 Å². The number of carbonyl (C=O) groups is 1. The van der Waals surface area contributed by atoms with E-state index in [2.05, 4.69) is 30.8 Å². The summed E-state index contributed by atoms with van der Waals surface area (Å²) in [5.41, 5.74) is 0.522. The Kier molecular flexibility index (Phi) is 7.45. The van der Waals surface area contributed by atoms with E-state index >= 15 is 0 Å². The Morgan fingerprint density at radius 1 is 1.27 bits per heavy atom. The molecule has 0 aromatic heterocycles. The Balaban J connectivity index is 2.15. The van der Waals surface area contributed by atoms with Gasteiger partial charge < -0.3 is 19.3 Å². The second-order valence-corrected chi connectivity index (χ2v) is 7.28. The van der Waals surface area contributed by atoms with Gasteiger partial charge in [0.2, 0.25) is 0 Å². The molecule has 1 fully saturated rings. The van der Waals surface area contributed by atoms with E-state index in [1.54, 1.807) is 31.4 Å². The number of likely N-dealkylation sites (tertiary alicyclic amines) is 1. The standard InChI is InChI=1S/C20H31N3O3/c1-15(2)14-26-20(23(4)17-10-12-22(3)13-11-17)21-19(24)16-6-8-18(25-5)9-7-16/h6-9,15,17H,10-14H2,1-5H3. The lowest BCUT2D eigenvalue weighted by atomic mass is 10.0. The molecule has 0 spiro atoms. The smallest absolute Gasteiger partial charge is 0.295 e. The molecule has 0 N–H and O–H groups in total. The van der Waals surface area contributed by atoms with Crippen LogP contribution in [0.15, 0.2) is 29.3 Å². The van der Waals surface area contributed by atoms with Crippen LogP contribution in [-0.4, -0.2) is 68.7 Å². The Bertz CT molecular complexity index is 605. The number of hydrogen-bond donors (Lipinski definition) is 0. The van der Waals surface area contributed by atoms with Crippen molar-refractivity contribution in [3.05, 3.63) is 29.8 Å². The summed E-state index contributed by atoms with van der Waals surface area (Å²) in [4.78, 5) is 21.2. The highest BCUT2D eigenvalue weighted by Crippen LogP contribution is 2.17. The Morgan fingerprint density at radius 2 is 1.88 bits per heavy atom. The summed E-state index contributed by atoms with van der Waals surface area (Å²) in [6.07, 6.45) is 2.07. The summed E-state index contributed by atoms with van der Waals surface area (Å²) in [7, 11) is 5.70. The number of amides is 1. The summed E-state index contributed by atoms with van der Waals surface area (Å²) in [6.45, 7) is 6.78. The SMILES string of the molecule is COc1ccc(C(=O)N=C(OCC(C)C)N(C)C2CCN(C)CC2)cc1. The summed E-state index contributed by atoms with van der Waals surface area (Å²) < 4.78 is 11.0. The number of benzene rings is 1. The monoisotopic (exact) mass is 361 g/mol. The number of amidine groups is 1. The van der Waals surface area contributed by atoms with Gasteiger partial charge in [-0.1, -0.05) is 13.8 Å². The average molecular weight is 361 g/mol. The molecular weight excluding hydrogens is 330 g/mol. The van der Waals surface area contributed by atoms with Crippen LogP contribution in [0.1, 0.15) is 37.0 Å². The highest BCUT2D eigenvalue weighted by Gasteiger charge is 2.25. The maximum Gasteiger partial charge on any atom is 0.295 e. The number of piperidine rings is 1. The molecule has 1 heterocycles. The molecule has 1 saturated heterocycles. The first-order chi connectivity index (χ1) is 12.4. The van der Waals surface area contributed by atoms with Crippen molar-refractivity contribution in [3.8, 4) is 5.75 Å². The van der Waals surface area contributed by atoms with E-state index in [1.165, 1.54) is 0 Å². The van der Waals surface area contributed by atoms with Gasteiger partial charge in [0.05, 0.1) is 13.7 Å². The zero-order valence-electron chi connectivity index (χ0n) is 16.6. The van der Waals surface area contributed by atoms with Crippen LogP contribution in [0.3, 0.4) is 0 Å². The van der Waals surface area contributed by atoms with Gasteiger partial charge in [0.25, 0.3) is 11.9 Å². The largest absolute Gasteiger partial charge is 0.497 e. The predicted octanol–water partition coefficient (Wildman–Crippen LogP) is 2.89. The molecule has 6 heteroatoms. The number of rotatable bonds is 5. The van der Waals surface area contributed by atoms with E-state index in [4.69, 9.17) is 9.47 Å². The van der Waals surface area contributed by atoms with E-state index < -0.39 is 0 Å². The lowest BCUT2D eigenvalue weighted by molar-refractivity contribution is 0.0985. The van der Waals surface area contributed by atoms with E-state index in [1.807, 2.05) is 11.9 Å². The minimum atomic E-state index is -0.300. The van der Waals surface area contributed by atoms with Crippen LogP contribution in [0.2, 0.25) is 0 Å². The van der Waals surface area contributed by atoms with Crippen molar-refractivity contribution in [1.29, 1.82) is 0 Å². The van der Waals surface area contributed by atoms with Crippen LogP contribution < -0.4 is 4.74 Å². The topological polar surface area (TPSA) is 54.4 Å². The third-order valence-electron chi connectivity index (χ3n) is 4.62. The zero-order valence-corrected chi connectivity index (χ0v) is 16.6. The maximum atomic E-state index is 12.6. The molecule has 2 rings (SSSR count). The fraction of sp³-hybridized carbons (Fsp3) is 0.600. The van der Waals surface area contributed by atoms with Gasteiger partial charge in [-0.15, -0.1) is 0 Å². The second kappa shape index (κ2) is 9.57. The Morgan fingerprint density at radius 3 is 2.42 bits per heavy atom. The first kappa shape index (κ1) is 20.2. The quantitative estimate of drug-likeness (QED) is 0.596. The third-order valence-corrected chi connectivity index (χ3v) is 4.62. The van der Waals surface area contributed by atoms with Crippen LogP contribution in [0.25, 0.3) is 0 Å². The molecule has 6 nitrogen and oxygen atoms in total. The van der Waals surface area contributed by atoms with Gasteiger partial charge >= 0.3 is 0 Å². The number of nitrogens with zero attached hydrogens (tertiary/aromatic N) is 3. The minimum absolute atomic E-state index is 0.300. The molecule has 0 saturated carbocycles.